The molecule has 0 spiro atoms. The Morgan fingerprint density at radius 3 is 2.48 bits per heavy atom. The average molecular weight is 451 g/mol. The van der Waals surface area contributed by atoms with Crippen LogP contribution in [0, 0.1) is 12.1 Å². The standard InChI is InChI=1S/C14H11O.C7H9.2ClH.Zr/c1-15-13-8-4-6-11-9-10-5-2-3-7-12(10)14(11)13;1-2-7-5-3-4-6-7;;;/h2-5,7-8H,9H2,1H3;3,5H,2,4H2,1H3;2*1H;/q2*-1;;;+4/p-2. The number of halogens is 2. The molecule has 0 aromatic heterocycles. The second-order valence-corrected chi connectivity index (χ2v) is 5.40. The molecule has 4 heteroatoms. The number of benzene rings is 2. The van der Waals surface area contributed by atoms with Crippen LogP contribution in [0.1, 0.15) is 30.9 Å². The number of fused-ring (bicyclic) bond motifs is 3. The fourth-order valence-electron chi connectivity index (χ4n) is 2.93. The fraction of sp³-hybridized carbons (Fsp3) is 0.238. The molecule has 2 aromatic rings. The van der Waals surface area contributed by atoms with Gasteiger partial charge in [-0.3, -0.25) is 6.08 Å². The fourth-order valence-corrected chi connectivity index (χ4v) is 2.93. The average Bonchev–Trinajstić information content (AvgIpc) is 3.22. The third kappa shape index (κ3) is 5.58. The molecule has 1 nitrogen and oxygen atoms in total. The van der Waals surface area contributed by atoms with Crippen LogP contribution in [-0.2, 0) is 32.6 Å². The van der Waals surface area contributed by atoms with E-state index in [0.717, 1.165) is 25.0 Å². The molecular weight excluding hydrogens is 430 g/mol. The van der Waals surface area contributed by atoms with Gasteiger partial charge in [0.1, 0.15) is 0 Å². The molecule has 0 saturated carbocycles. The van der Waals surface area contributed by atoms with Gasteiger partial charge in [0, 0.05) is 5.75 Å². The van der Waals surface area contributed by atoms with Crippen molar-refractivity contribution in [3.05, 3.63) is 77.4 Å². The third-order valence-electron chi connectivity index (χ3n) is 4.06. The van der Waals surface area contributed by atoms with Crippen LogP contribution in [0.2, 0.25) is 0 Å². The van der Waals surface area contributed by atoms with Crippen molar-refractivity contribution in [1.82, 2.24) is 0 Å². The zero-order valence-electron chi connectivity index (χ0n) is 14.4. The van der Waals surface area contributed by atoms with Crippen LogP contribution in [0.25, 0.3) is 11.1 Å². The summed E-state index contributed by atoms with van der Waals surface area (Å²) in [5, 5.41) is 0. The molecule has 25 heavy (non-hydrogen) atoms. The van der Waals surface area contributed by atoms with E-state index in [1.54, 1.807) is 7.11 Å². The number of allylic oxidation sites excluding steroid dienone is 4. The van der Waals surface area contributed by atoms with Gasteiger partial charge >= 0.3 is 26.2 Å². The first-order valence-corrected chi connectivity index (χ1v) is 7.75. The normalized spacial score (nSPS) is 12.2. The van der Waals surface area contributed by atoms with Crippen molar-refractivity contribution in [3.63, 3.8) is 0 Å². The minimum atomic E-state index is 0. The van der Waals surface area contributed by atoms with Crippen molar-refractivity contribution in [1.29, 1.82) is 0 Å². The van der Waals surface area contributed by atoms with Crippen LogP contribution in [0.5, 0.6) is 5.75 Å². The number of methoxy groups -OCH3 is 1. The quantitative estimate of drug-likeness (QED) is 0.463. The molecule has 2 aromatic carbocycles. The molecule has 0 fully saturated rings. The first-order chi connectivity index (χ1) is 10.8. The van der Waals surface area contributed by atoms with Crippen LogP contribution >= 0.6 is 0 Å². The summed E-state index contributed by atoms with van der Waals surface area (Å²) in [7, 11) is 1.72. The zero-order valence-corrected chi connectivity index (χ0v) is 18.4. The van der Waals surface area contributed by atoms with Crippen molar-refractivity contribution in [2.75, 3.05) is 7.11 Å². The first kappa shape index (κ1) is 24.2. The van der Waals surface area contributed by atoms with Gasteiger partial charge in [-0.05, 0) is 12.0 Å². The maximum Gasteiger partial charge on any atom is 4.00 e. The Hall–Kier alpha value is -0.817. The molecule has 0 amide bonds. The van der Waals surface area contributed by atoms with E-state index in [-0.39, 0.29) is 51.0 Å². The van der Waals surface area contributed by atoms with Gasteiger partial charge in [-0.25, -0.2) is 11.6 Å². The summed E-state index contributed by atoms with van der Waals surface area (Å²) in [4.78, 5) is 0. The molecular formula is C21H20Cl2OZr. The molecule has 0 saturated heterocycles. The molecule has 0 N–H and O–H groups in total. The van der Waals surface area contributed by atoms with Gasteiger partial charge in [0.2, 0.25) is 0 Å². The summed E-state index contributed by atoms with van der Waals surface area (Å²) in [5.41, 5.74) is 6.49. The van der Waals surface area contributed by atoms with Gasteiger partial charge in [0.25, 0.3) is 0 Å². The minimum absolute atomic E-state index is 0. The summed E-state index contributed by atoms with van der Waals surface area (Å²) in [6.45, 7) is 2.15. The van der Waals surface area contributed by atoms with E-state index in [1.165, 1.54) is 27.8 Å². The van der Waals surface area contributed by atoms with E-state index in [4.69, 9.17) is 4.74 Å². The van der Waals surface area contributed by atoms with Gasteiger partial charge in [0.05, 0.1) is 7.11 Å². The number of hydrogen-bond donors (Lipinski definition) is 0. The smallest absolute Gasteiger partial charge is 1.00 e. The van der Waals surface area contributed by atoms with Crippen LogP contribution in [0.3, 0.4) is 0 Å². The van der Waals surface area contributed by atoms with Crippen LogP contribution in [0.15, 0.2) is 54.1 Å². The van der Waals surface area contributed by atoms with Gasteiger partial charge in [-0.1, -0.05) is 48.7 Å². The van der Waals surface area contributed by atoms with Gasteiger partial charge in [-0.15, -0.1) is 18.1 Å². The summed E-state index contributed by atoms with van der Waals surface area (Å²) in [6, 6.07) is 15.7. The second-order valence-electron chi connectivity index (χ2n) is 5.40. The van der Waals surface area contributed by atoms with E-state index in [2.05, 4.69) is 55.5 Å². The Morgan fingerprint density at radius 2 is 1.88 bits per heavy atom. The van der Waals surface area contributed by atoms with E-state index in [0.29, 0.717) is 0 Å². The molecule has 0 unspecified atom stereocenters. The monoisotopic (exact) mass is 448 g/mol. The molecule has 0 bridgehead atoms. The van der Waals surface area contributed by atoms with Crippen molar-refractivity contribution in [3.8, 4) is 16.9 Å². The van der Waals surface area contributed by atoms with Crippen molar-refractivity contribution >= 4 is 0 Å². The Labute approximate surface area is 182 Å². The van der Waals surface area contributed by atoms with Gasteiger partial charge in [0.15, 0.2) is 0 Å². The topological polar surface area (TPSA) is 9.23 Å². The van der Waals surface area contributed by atoms with E-state index >= 15 is 0 Å². The third-order valence-corrected chi connectivity index (χ3v) is 4.06. The van der Waals surface area contributed by atoms with E-state index in [9.17, 15) is 0 Å². The summed E-state index contributed by atoms with van der Waals surface area (Å²) < 4.78 is 5.39. The maximum atomic E-state index is 5.39. The molecule has 0 aliphatic heterocycles. The summed E-state index contributed by atoms with van der Waals surface area (Å²) in [5.74, 6) is 0.952. The largest absolute Gasteiger partial charge is 4.00 e. The predicted octanol–water partition coefficient (Wildman–Crippen LogP) is -0.842. The summed E-state index contributed by atoms with van der Waals surface area (Å²) >= 11 is 0. The van der Waals surface area contributed by atoms with E-state index in [1.807, 2.05) is 12.1 Å². The molecule has 0 atom stereocenters. The maximum absolute atomic E-state index is 5.39. The van der Waals surface area contributed by atoms with E-state index < -0.39 is 0 Å². The van der Waals surface area contributed by atoms with Crippen molar-refractivity contribution in [2.45, 2.75) is 26.2 Å². The zero-order chi connectivity index (χ0) is 15.4. The van der Waals surface area contributed by atoms with Crippen LogP contribution < -0.4 is 29.6 Å². The van der Waals surface area contributed by atoms with Crippen molar-refractivity contribution in [2.24, 2.45) is 0 Å². The first-order valence-electron chi connectivity index (χ1n) is 7.75. The molecule has 2 aliphatic carbocycles. The van der Waals surface area contributed by atoms with Crippen LogP contribution in [-0.4, -0.2) is 7.11 Å². The number of rotatable bonds is 2. The van der Waals surface area contributed by atoms with Crippen LogP contribution in [0.4, 0.5) is 0 Å². The Bertz CT molecular complexity index is 738. The predicted molar refractivity (Wildman–Crippen MR) is 90.9 cm³/mol. The Balaban J connectivity index is 0.000000501. The Kier molecular flexibility index (Phi) is 11.3. The molecule has 0 radical (unpaired) electrons. The molecule has 4 rings (SSSR count). The molecule has 2 aliphatic rings. The van der Waals surface area contributed by atoms with Gasteiger partial charge in [-0.2, -0.15) is 18.2 Å². The van der Waals surface area contributed by atoms with Crippen molar-refractivity contribution < 1.29 is 55.8 Å². The SMILES string of the molecule is CCC1=[C-]CC=C1.COc1cc[c-]c2c1-c1ccccc1C2.[Cl-].[Cl-].[Zr+4]. The second kappa shape index (κ2) is 11.7. The number of hydrogen-bond acceptors (Lipinski definition) is 1. The molecule has 0 heterocycles. The summed E-state index contributed by atoms with van der Waals surface area (Å²) in [6.07, 6.45) is 10.6. The van der Waals surface area contributed by atoms with Gasteiger partial charge < -0.3 is 29.6 Å². The minimum Gasteiger partial charge on any atom is -1.00 e. The Morgan fingerprint density at radius 1 is 1.12 bits per heavy atom. The number of ether oxygens (including phenoxy) is 1. The molecule has 128 valence electrons.